The van der Waals surface area contributed by atoms with Crippen LogP contribution < -0.4 is 21.3 Å². The molecule has 0 saturated carbocycles. The summed E-state index contributed by atoms with van der Waals surface area (Å²) < 4.78 is 0. The molecule has 0 bridgehead atoms. The Bertz CT molecular complexity index is 2530. The van der Waals surface area contributed by atoms with Crippen LogP contribution in [-0.2, 0) is 60.8 Å². The molecule has 0 unspecified atom stereocenters. The number of likely N-dealkylation sites (N-methyl/N-ethyl adjacent to an activating group) is 7. The van der Waals surface area contributed by atoms with E-state index < -0.39 is 114 Å². The molecule has 1 aliphatic heterocycles. The standard InChI is InChI=1S/C60H93N11O12/c1-37(2)31-44(65(10)36-72)52(75)63-49(41(8)73)58(81)70(15)60(83)69(14)48(35-43-27-21-17-22-28-43)57(80)67(12)46(33-39(5)6)55(78)68(13)47(34-42-25-19-16-20-26-42)56(79)66(11)45(32-38(3)4)53(76)62-40(7)51(74)64-50(54(77)61-9)59(82)71-29-23-18-24-30-71/h16-17,19-22,25-28,36-41,44-50,73H,18,23-24,29-35H2,1-15H3,(H,61,77)(H,62,76)(H,63,75)(H,64,74)/t40-,41+,44-,45-,46-,47-,48-,49-,50-/m0/s1. The zero-order valence-corrected chi connectivity index (χ0v) is 51.4. The van der Waals surface area contributed by atoms with Crippen molar-refractivity contribution in [3.05, 3.63) is 71.8 Å². The lowest BCUT2D eigenvalue weighted by atomic mass is 9.96. The van der Waals surface area contributed by atoms with E-state index in [1.807, 2.05) is 41.5 Å². The molecule has 23 heteroatoms. The first-order chi connectivity index (χ1) is 39.0. The summed E-state index contributed by atoms with van der Waals surface area (Å²) in [6.45, 7) is 14.7. The van der Waals surface area contributed by atoms with Crippen molar-refractivity contribution in [1.82, 2.24) is 55.6 Å². The Labute approximate surface area is 490 Å². The van der Waals surface area contributed by atoms with Gasteiger partial charge in [-0.2, -0.15) is 0 Å². The Kier molecular flexibility index (Phi) is 27.8. The molecule has 3 rings (SSSR count). The molecular formula is C60H93N11O12. The minimum absolute atomic E-state index is 0.0205. The third kappa shape index (κ3) is 19.9. The number of aliphatic hydroxyl groups is 1. The molecule has 2 aromatic rings. The Morgan fingerprint density at radius 1 is 0.518 bits per heavy atom. The fraction of sp³-hybridized carbons (Fsp3) is 0.617. The lowest BCUT2D eigenvalue weighted by Crippen LogP contribution is -2.62. The number of carbonyl (C=O) groups is 11. The van der Waals surface area contributed by atoms with Crippen LogP contribution in [0.2, 0.25) is 0 Å². The van der Waals surface area contributed by atoms with Crippen LogP contribution in [0.1, 0.15) is 105 Å². The molecule has 1 fully saturated rings. The molecule has 1 aliphatic rings. The van der Waals surface area contributed by atoms with Crippen molar-refractivity contribution in [2.75, 3.05) is 62.4 Å². The quantitative estimate of drug-likeness (QED) is 0.0579. The van der Waals surface area contributed by atoms with Gasteiger partial charge in [-0.1, -0.05) is 102 Å². The number of benzene rings is 2. The van der Waals surface area contributed by atoms with Crippen molar-refractivity contribution in [3.8, 4) is 0 Å². The molecule has 0 aliphatic carbocycles. The number of rotatable bonds is 29. The summed E-state index contributed by atoms with van der Waals surface area (Å²) in [5.41, 5.74) is 1.30. The van der Waals surface area contributed by atoms with Crippen LogP contribution >= 0.6 is 0 Å². The zero-order valence-electron chi connectivity index (χ0n) is 51.4. The maximum Gasteiger partial charge on any atom is 0.326 e. The summed E-state index contributed by atoms with van der Waals surface area (Å²) in [7, 11) is 9.55. The largest absolute Gasteiger partial charge is 0.391 e. The summed E-state index contributed by atoms with van der Waals surface area (Å²) in [5, 5.41) is 21.0. The van der Waals surface area contributed by atoms with E-state index in [4.69, 9.17) is 0 Å². The van der Waals surface area contributed by atoms with Gasteiger partial charge in [-0.25, -0.2) is 4.79 Å². The van der Waals surface area contributed by atoms with E-state index >= 15 is 14.4 Å². The number of piperidine rings is 1. The molecule has 0 spiro atoms. The maximum absolute atomic E-state index is 15.3. The highest BCUT2D eigenvalue weighted by atomic mass is 16.3. The van der Waals surface area contributed by atoms with Gasteiger partial charge in [0.15, 0.2) is 6.04 Å². The third-order valence-corrected chi connectivity index (χ3v) is 15.1. The molecule has 0 aromatic heterocycles. The van der Waals surface area contributed by atoms with Gasteiger partial charge in [-0.05, 0) is 81.3 Å². The van der Waals surface area contributed by atoms with Crippen molar-refractivity contribution >= 4 is 65.6 Å². The van der Waals surface area contributed by atoms with E-state index in [9.17, 15) is 43.5 Å². The Hall–Kier alpha value is -7.43. The minimum Gasteiger partial charge on any atom is -0.391 e. The normalized spacial score (nSPS) is 15.6. The Balaban J connectivity index is 2.03. The van der Waals surface area contributed by atoms with Crippen molar-refractivity contribution in [2.45, 2.75) is 161 Å². The highest BCUT2D eigenvalue weighted by Gasteiger charge is 2.43. The zero-order chi connectivity index (χ0) is 62.6. The fourth-order valence-corrected chi connectivity index (χ4v) is 9.99. The molecule has 9 atom stereocenters. The maximum atomic E-state index is 15.3. The monoisotopic (exact) mass is 1160 g/mol. The van der Waals surface area contributed by atoms with E-state index in [1.165, 1.54) is 75.7 Å². The average molecular weight is 1160 g/mol. The Morgan fingerprint density at radius 2 is 0.940 bits per heavy atom. The van der Waals surface area contributed by atoms with E-state index in [2.05, 4.69) is 21.3 Å². The SMILES string of the molecule is CNC(=O)[C@H](NC(=O)[C@H](C)NC(=O)[C@H](CC(C)C)N(C)C(=O)[C@H](Cc1ccccc1)N(C)C(=O)[C@H](CC(C)C)N(C)C(=O)[C@H](Cc1ccccc1)N(C)C(=O)N(C)C(=O)[C@@H](NC(=O)[C@H](CC(C)C)N(C)C=O)[C@@H](C)O)C(=O)N1CCCCC1. The van der Waals surface area contributed by atoms with E-state index in [1.54, 1.807) is 60.7 Å². The van der Waals surface area contributed by atoms with Gasteiger partial charge < -0.3 is 55.8 Å². The van der Waals surface area contributed by atoms with E-state index in [0.29, 0.717) is 35.5 Å². The molecule has 23 nitrogen and oxygen atoms in total. The highest BCUT2D eigenvalue weighted by molar-refractivity contribution is 6.08. The number of carbonyl (C=O) groups excluding carboxylic acids is 11. The van der Waals surface area contributed by atoms with Crippen LogP contribution in [0.15, 0.2) is 60.7 Å². The topological polar surface area (TPSA) is 279 Å². The van der Waals surface area contributed by atoms with Gasteiger partial charge in [-0.3, -0.25) is 52.8 Å². The van der Waals surface area contributed by atoms with Gasteiger partial charge in [-0.15, -0.1) is 0 Å². The number of aliphatic hydroxyl groups excluding tert-OH is 1. The molecule has 12 amide bonds. The van der Waals surface area contributed by atoms with Crippen molar-refractivity contribution in [3.63, 3.8) is 0 Å². The molecule has 1 saturated heterocycles. The third-order valence-electron chi connectivity index (χ3n) is 15.1. The molecular weight excluding hydrogens is 1070 g/mol. The lowest BCUT2D eigenvalue weighted by molar-refractivity contribution is -0.153. The van der Waals surface area contributed by atoms with Crippen LogP contribution in [-0.4, -0.2) is 222 Å². The lowest BCUT2D eigenvalue weighted by Gasteiger charge is -2.40. The van der Waals surface area contributed by atoms with Gasteiger partial charge in [0.2, 0.25) is 41.9 Å². The van der Waals surface area contributed by atoms with Crippen LogP contribution in [0.3, 0.4) is 0 Å². The number of nitrogens with one attached hydrogen (secondary N) is 4. The number of likely N-dealkylation sites (tertiary alicyclic amines) is 1. The molecule has 1 heterocycles. The highest BCUT2D eigenvalue weighted by Crippen LogP contribution is 2.23. The number of nitrogens with zero attached hydrogens (tertiary/aromatic N) is 7. The summed E-state index contributed by atoms with van der Waals surface area (Å²) in [5.74, 6) is -6.90. The second-order valence-corrected chi connectivity index (χ2v) is 23.2. The van der Waals surface area contributed by atoms with Gasteiger partial charge in [0.1, 0.15) is 42.3 Å². The summed E-state index contributed by atoms with van der Waals surface area (Å²) in [6.07, 6.45) is 1.78. The average Bonchev–Trinajstić information content (AvgIpc) is 3.64. The first kappa shape index (κ1) is 69.8. The first-order valence-electron chi connectivity index (χ1n) is 28.7. The molecule has 5 N–H and O–H groups in total. The molecule has 0 radical (unpaired) electrons. The van der Waals surface area contributed by atoms with Crippen LogP contribution in [0, 0.1) is 17.8 Å². The summed E-state index contributed by atoms with van der Waals surface area (Å²) in [6, 6.07) is 6.25. The second-order valence-electron chi connectivity index (χ2n) is 23.2. The van der Waals surface area contributed by atoms with Crippen molar-refractivity contribution in [2.24, 2.45) is 17.8 Å². The number of amides is 12. The van der Waals surface area contributed by atoms with Gasteiger partial charge in [0, 0.05) is 75.3 Å². The number of urea groups is 1. The van der Waals surface area contributed by atoms with Crippen LogP contribution in [0.25, 0.3) is 0 Å². The second kappa shape index (κ2) is 33.0. The van der Waals surface area contributed by atoms with Crippen LogP contribution in [0.4, 0.5) is 4.79 Å². The van der Waals surface area contributed by atoms with E-state index in [0.717, 1.165) is 36.1 Å². The summed E-state index contributed by atoms with van der Waals surface area (Å²) in [4.78, 5) is 162. The Morgan fingerprint density at radius 3 is 1.40 bits per heavy atom. The van der Waals surface area contributed by atoms with Crippen molar-refractivity contribution < 1.29 is 57.8 Å². The molecule has 83 heavy (non-hydrogen) atoms. The number of hydrogen-bond acceptors (Lipinski definition) is 12. The number of hydrogen-bond donors (Lipinski definition) is 5. The smallest absolute Gasteiger partial charge is 0.326 e. The van der Waals surface area contributed by atoms with Gasteiger partial charge >= 0.3 is 6.03 Å². The molecule has 2 aromatic carbocycles. The summed E-state index contributed by atoms with van der Waals surface area (Å²) >= 11 is 0. The molecule has 460 valence electrons. The predicted octanol–water partition coefficient (Wildman–Crippen LogP) is 2.04. The predicted molar refractivity (Wildman–Crippen MR) is 313 cm³/mol. The van der Waals surface area contributed by atoms with Gasteiger partial charge in [0.05, 0.1) is 6.10 Å². The van der Waals surface area contributed by atoms with Crippen LogP contribution in [0.5, 0.6) is 0 Å². The minimum atomic E-state index is -1.64. The van der Waals surface area contributed by atoms with E-state index in [-0.39, 0.29) is 49.9 Å². The number of imide groups is 1. The first-order valence-corrected chi connectivity index (χ1v) is 28.7. The van der Waals surface area contributed by atoms with Crippen molar-refractivity contribution in [1.29, 1.82) is 0 Å². The fourth-order valence-electron chi connectivity index (χ4n) is 9.99. The van der Waals surface area contributed by atoms with Gasteiger partial charge in [0.25, 0.3) is 17.7 Å².